The van der Waals surface area contributed by atoms with Gasteiger partial charge in [-0.3, -0.25) is 4.79 Å². The third-order valence-electron chi connectivity index (χ3n) is 13.5. The summed E-state index contributed by atoms with van der Waals surface area (Å²) in [5, 5.41) is 23.2. The zero-order chi connectivity index (χ0) is 47.7. The Morgan fingerprint density at radius 1 is 0.364 bits per heavy atom. The molecular formula is C62H115NO3. The molecule has 1 amide bonds. The van der Waals surface area contributed by atoms with E-state index < -0.39 is 12.1 Å². The predicted octanol–water partition coefficient (Wildman–Crippen LogP) is 19.6. The van der Waals surface area contributed by atoms with Crippen molar-refractivity contribution in [3.8, 4) is 0 Å². The molecule has 0 saturated carbocycles. The Balaban J connectivity index is 3.52. The van der Waals surface area contributed by atoms with Gasteiger partial charge in [0, 0.05) is 6.42 Å². The van der Waals surface area contributed by atoms with Gasteiger partial charge in [-0.2, -0.15) is 0 Å². The number of rotatable bonds is 54. The molecule has 0 aromatic carbocycles. The van der Waals surface area contributed by atoms with Crippen molar-refractivity contribution in [3.63, 3.8) is 0 Å². The Labute approximate surface area is 413 Å². The van der Waals surface area contributed by atoms with Gasteiger partial charge in [0.25, 0.3) is 0 Å². The van der Waals surface area contributed by atoms with E-state index in [1.807, 2.05) is 6.08 Å². The average Bonchev–Trinajstić information content (AvgIpc) is 3.32. The summed E-state index contributed by atoms with van der Waals surface area (Å²) in [6, 6.07) is -0.647. The van der Waals surface area contributed by atoms with Crippen molar-refractivity contribution < 1.29 is 15.0 Å². The fraction of sp³-hybridized carbons (Fsp3) is 0.823. The van der Waals surface area contributed by atoms with Crippen LogP contribution in [-0.2, 0) is 4.79 Å². The summed E-state index contributed by atoms with van der Waals surface area (Å²) in [6.07, 6.45) is 81.1. The maximum atomic E-state index is 12.5. The lowest BCUT2D eigenvalue weighted by Gasteiger charge is -2.19. The molecule has 4 heteroatoms. The lowest BCUT2D eigenvalue weighted by molar-refractivity contribution is -0.123. The van der Waals surface area contributed by atoms with Gasteiger partial charge in [-0.1, -0.05) is 286 Å². The molecule has 0 aromatic rings. The number of aliphatic hydroxyl groups is 2. The van der Waals surface area contributed by atoms with Crippen LogP contribution < -0.4 is 5.32 Å². The second-order valence-corrected chi connectivity index (χ2v) is 20.0. The van der Waals surface area contributed by atoms with E-state index in [2.05, 4.69) is 67.8 Å². The number of unbranched alkanes of at least 4 members (excludes halogenated alkanes) is 39. The van der Waals surface area contributed by atoms with E-state index in [9.17, 15) is 15.0 Å². The van der Waals surface area contributed by atoms with Crippen molar-refractivity contribution in [2.24, 2.45) is 0 Å². The van der Waals surface area contributed by atoms with Crippen LogP contribution in [0.15, 0.2) is 60.8 Å². The number of hydrogen-bond donors (Lipinski definition) is 3. The van der Waals surface area contributed by atoms with Crippen LogP contribution in [0.4, 0.5) is 0 Å². The van der Waals surface area contributed by atoms with Crippen LogP contribution in [0.3, 0.4) is 0 Å². The first-order valence-corrected chi connectivity index (χ1v) is 29.5. The Hall–Kier alpha value is -1.91. The van der Waals surface area contributed by atoms with E-state index in [1.54, 1.807) is 6.08 Å². The molecule has 2 atom stereocenters. The van der Waals surface area contributed by atoms with Gasteiger partial charge in [0.1, 0.15) is 0 Å². The van der Waals surface area contributed by atoms with Gasteiger partial charge in [0.2, 0.25) is 5.91 Å². The zero-order valence-corrected chi connectivity index (χ0v) is 44.5. The standard InChI is InChI=1S/C62H115NO3/c1-3-5-7-9-11-13-15-17-19-21-23-25-27-28-29-30-31-32-33-34-36-38-40-42-44-46-48-50-52-54-56-58-62(66)63-60(59-64)61(65)57-55-53-51-49-47-45-43-41-39-37-35-26-24-22-20-18-16-14-12-10-8-6-4-2/h15,17,21,23,39,41,47,49,55,57,60-61,64-65H,3-14,16,18-20,22,24-38,40,42-46,48,50-54,56,58-59H2,1-2H3,(H,63,66)/b17-15-,23-21-,41-39+,49-47+,57-55+. The van der Waals surface area contributed by atoms with Crippen molar-refractivity contribution in [3.05, 3.63) is 60.8 Å². The monoisotopic (exact) mass is 922 g/mol. The number of aliphatic hydroxyl groups excluding tert-OH is 2. The highest BCUT2D eigenvalue weighted by atomic mass is 16.3. The molecule has 0 aromatic heterocycles. The maximum Gasteiger partial charge on any atom is 0.220 e. The summed E-state index contributed by atoms with van der Waals surface area (Å²) >= 11 is 0. The van der Waals surface area contributed by atoms with Crippen molar-refractivity contribution in [1.82, 2.24) is 5.32 Å². The van der Waals surface area contributed by atoms with Crippen LogP contribution in [0.2, 0.25) is 0 Å². The van der Waals surface area contributed by atoms with Crippen LogP contribution >= 0.6 is 0 Å². The molecule has 4 nitrogen and oxygen atoms in total. The van der Waals surface area contributed by atoms with Gasteiger partial charge in [-0.15, -0.1) is 0 Å². The summed E-state index contributed by atoms with van der Waals surface area (Å²) in [4.78, 5) is 12.5. The van der Waals surface area contributed by atoms with Crippen LogP contribution in [0, 0.1) is 0 Å². The van der Waals surface area contributed by atoms with Crippen molar-refractivity contribution >= 4 is 5.91 Å². The molecule has 0 aliphatic heterocycles. The van der Waals surface area contributed by atoms with Crippen molar-refractivity contribution in [1.29, 1.82) is 0 Å². The molecule has 66 heavy (non-hydrogen) atoms. The van der Waals surface area contributed by atoms with Gasteiger partial charge in [-0.25, -0.2) is 0 Å². The average molecular weight is 923 g/mol. The number of carbonyl (C=O) groups excluding carboxylic acids is 1. The number of hydrogen-bond acceptors (Lipinski definition) is 3. The number of amides is 1. The van der Waals surface area contributed by atoms with Gasteiger partial charge < -0.3 is 15.5 Å². The first kappa shape index (κ1) is 64.1. The first-order valence-electron chi connectivity index (χ1n) is 29.5. The fourth-order valence-corrected chi connectivity index (χ4v) is 8.95. The first-order chi connectivity index (χ1) is 32.7. The highest BCUT2D eigenvalue weighted by molar-refractivity contribution is 5.76. The Morgan fingerprint density at radius 2 is 0.636 bits per heavy atom. The van der Waals surface area contributed by atoms with Crippen LogP contribution in [-0.4, -0.2) is 34.9 Å². The minimum atomic E-state index is -0.872. The van der Waals surface area contributed by atoms with E-state index in [1.165, 1.54) is 244 Å². The molecule has 0 aliphatic rings. The Morgan fingerprint density at radius 3 is 0.970 bits per heavy atom. The molecule has 0 radical (unpaired) electrons. The number of nitrogens with one attached hydrogen (secondary N) is 1. The number of carbonyl (C=O) groups is 1. The molecule has 3 N–H and O–H groups in total. The smallest absolute Gasteiger partial charge is 0.220 e. The van der Waals surface area contributed by atoms with Crippen LogP contribution in [0.5, 0.6) is 0 Å². The van der Waals surface area contributed by atoms with Crippen LogP contribution in [0.25, 0.3) is 0 Å². The molecule has 0 saturated heterocycles. The summed E-state index contributed by atoms with van der Waals surface area (Å²) in [7, 11) is 0. The lowest BCUT2D eigenvalue weighted by atomic mass is 10.0. The summed E-state index contributed by atoms with van der Waals surface area (Å²) < 4.78 is 0. The third kappa shape index (κ3) is 53.1. The van der Waals surface area contributed by atoms with E-state index in [4.69, 9.17) is 0 Å². The molecule has 0 rings (SSSR count). The summed E-state index contributed by atoms with van der Waals surface area (Å²) in [5.74, 6) is -0.0743. The van der Waals surface area contributed by atoms with Crippen molar-refractivity contribution in [2.45, 2.75) is 321 Å². The lowest BCUT2D eigenvalue weighted by Crippen LogP contribution is -2.45. The van der Waals surface area contributed by atoms with Gasteiger partial charge in [0.05, 0.1) is 18.8 Å². The molecule has 0 heterocycles. The quantitative estimate of drug-likeness (QED) is 0.0420. The second-order valence-electron chi connectivity index (χ2n) is 20.0. The fourth-order valence-electron chi connectivity index (χ4n) is 8.95. The maximum absolute atomic E-state index is 12.5. The highest BCUT2D eigenvalue weighted by Crippen LogP contribution is 2.17. The molecule has 0 fully saturated rings. The molecular weight excluding hydrogens is 807 g/mol. The third-order valence-corrected chi connectivity index (χ3v) is 13.5. The summed E-state index contributed by atoms with van der Waals surface area (Å²) in [5.41, 5.74) is 0. The van der Waals surface area contributed by atoms with Gasteiger partial charge >= 0.3 is 0 Å². The Kier molecular flexibility index (Phi) is 55.7. The minimum absolute atomic E-state index is 0.0743. The van der Waals surface area contributed by atoms with E-state index in [0.717, 1.165) is 44.9 Å². The summed E-state index contributed by atoms with van der Waals surface area (Å²) in [6.45, 7) is 4.31. The largest absolute Gasteiger partial charge is 0.394 e. The highest BCUT2D eigenvalue weighted by Gasteiger charge is 2.18. The molecule has 0 spiro atoms. The van der Waals surface area contributed by atoms with Gasteiger partial charge in [-0.05, 0) is 77.0 Å². The SMILES string of the molecule is CCCCCCC/C=C\C/C=C\CCCCCCCCCCCCCCCCCCCCCC(=O)NC(CO)C(O)/C=C/CC/C=C/CC/C=C/CCCCCCCCCCCCCCC. The number of allylic oxidation sites excluding steroid dienone is 9. The molecule has 386 valence electrons. The minimum Gasteiger partial charge on any atom is -0.394 e. The molecule has 2 unspecified atom stereocenters. The zero-order valence-electron chi connectivity index (χ0n) is 44.5. The second kappa shape index (κ2) is 57.4. The van der Waals surface area contributed by atoms with E-state index >= 15 is 0 Å². The Bertz CT molecular complexity index is 1090. The molecule has 0 aliphatic carbocycles. The van der Waals surface area contributed by atoms with Gasteiger partial charge in [0.15, 0.2) is 0 Å². The topological polar surface area (TPSA) is 69.6 Å². The van der Waals surface area contributed by atoms with E-state index in [-0.39, 0.29) is 12.5 Å². The van der Waals surface area contributed by atoms with E-state index in [0.29, 0.717) is 6.42 Å². The molecule has 0 bridgehead atoms. The predicted molar refractivity (Wildman–Crippen MR) is 294 cm³/mol. The normalized spacial score (nSPS) is 13.2. The van der Waals surface area contributed by atoms with Crippen LogP contribution in [0.1, 0.15) is 309 Å². The van der Waals surface area contributed by atoms with Crippen molar-refractivity contribution in [2.75, 3.05) is 6.61 Å².